The van der Waals surface area contributed by atoms with E-state index in [2.05, 4.69) is 11.6 Å². The number of aromatic nitrogens is 1. The number of ketones is 1. The third-order valence-electron chi connectivity index (χ3n) is 4.37. The summed E-state index contributed by atoms with van der Waals surface area (Å²) in [5.74, 6) is -0.435. The van der Waals surface area contributed by atoms with Gasteiger partial charge in [0.1, 0.15) is 12.3 Å². The summed E-state index contributed by atoms with van der Waals surface area (Å²) in [7, 11) is 0. The zero-order valence-corrected chi connectivity index (χ0v) is 14.2. The second kappa shape index (κ2) is 6.65. The Morgan fingerprint density at radius 2 is 2.17 bits per heavy atom. The van der Waals surface area contributed by atoms with Crippen LogP contribution in [0.3, 0.4) is 0 Å². The zero-order valence-electron chi connectivity index (χ0n) is 13.4. The van der Waals surface area contributed by atoms with Crippen LogP contribution in [0.1, 0.15) is 50.0 Å². The van der Waals surface area contributed by atoms with E-state index in [1.807, 2.05) is 24.3 Å². The van der Waals surface area contributed by atoms with Crippen molar-refractivity contribution in [1.29, 1.82) is 0 Å². The van der Waals surface area contributed by atoms with Gasteiger partial charge in [0.25, 0.3) is 0 Å². The Morgan fingerprint density at radius 3 is 2.88 bits per heavy atom. The van der Waals surface area contributed by atoms with Crippen molar-refractivity contribution in [2.75, 3.05) is 6.61 Å². The standard InChI is InChI=1S/C19H18ClNO3/c1-3-8-24-19(23)18-11(2)17-15(21-18)9-12(10-16(17)22)13-6-4-5-7-14(13)20/h3-7,12,21H,1,8-10H2,2H3/t12-/m1/s1. The van der Waals surface area contributed by atoms with Crippen LogP contribution in [-0.2, 0) is 11.2 Å². The van der Waals surface area contributed by atoms with E-state index in [9.17, 15) is 9.59 Å². The molecule has 3 rings (SSSR count). The fourth-order valence-corrected chi connectivity index (χ4v) is 3.56. The van der Waals surface area contributed by atoms with Gasteiger partial charge < -0.3 is 9.72 Å². The normalized spacial score (nSPS) is 16.6. The Hall–Kier alpha value is -2.33. The molecule has 1 N–H and O–H groups in total. The topological polar surface area (TPSA) is 59.2 Å². The van der Waals surface area contributed by atoms with Gasteiger partial charge >= 0.3 is 5.97 Å². The summed E-state index contributed by atoms with van der Waals surface area (Å²) >= 11 is 6.27. The van der Waals surface area contributed by atoms with Crippen molar-refractivity contribution >= 4 is 23.4 Å². The van der Waals surface area contributed by atoms with Crippen LogP contribution in [-0.4, -0.2) is 23.3 Å². The van der Waals surface area contributed by atoms with Gasteiger partial charge in [-0.2, -0.15) is 0 Å². The fourth-order valence-electron chi connectivity index (χ4n) is 3.27. The number of esters is 1. The summed E-state index contributed by atoms with van der Waals surface area (Å²) in [6.07, 6.45) is 2.53. The Kier molecular flexibility index (Phi) is 4.58. The van der Waals surface area contributed by atoms with E-state index in [0.29, 0.717) is 34.7 Å². The van der Waals surface area contributed by atoms with Gasteiger partial charge in [-0.1, -0.05) is 42.5 Å². The first-order chi connectivity index (χ1) is 11.5. The summed E-state index contributed by atoms with van der Waals surface area (Å²) in [5, 5.41) is 0.660. The minimum Gasteiger partial charge on any atom is -0.457 e. The number of carbonyl (C=O) groups excluding carboxylic acids is 2. The number of Topliss-reactive ketones (excluding diaryl/α,β-unsaturated/α-hetero) is 1. The fraction of sp³-hybridized carbons (Fsp3) is 0.263. The first kappa shape index (κ1) is 16.5. The molecule has 0 unspecified atom stereocenters. The lowest BCUT2D eigenvalue weighted by atomic mass is 9.81. The predicted octanol–water partition coefficient (Wildman–Crippen LogP) is 4.23. The second-order valence-electron chi connectivity index (χ2n) is 5.92. The predicted molar refractivity (Wildman–Crippen MR) is 92.9 cm³/mol. The van der Waals surface area contributed by atoms with Gasteiger partial charge in [-0.05, 0) is 36.5 Å². The van der Waals surface area contributed by atoms with Crippen LogP contribution in [0.5, 0.6) is 0 Å². The number of hydrogen-bond donors (Lipinski definition) is 1. The van der Waals surface area contributed by atoms with E-state index in [-0.39, 0.29) is 18.3 Å². The number of benzene rings is 1. The van der Waals surface area contributed by atoms with Crippen LogP contribution >= 0.6 is 11.6 Å². The third-order valence-corrected chi connectivity index (χ3v) is 4.71. The molecule has 2 aromatic rings. The van der Waals surface area contributed by atoms with Crippen LogP contribution in [0.2, 0.25) is 5.02 Å². The smallest absolute Gasteiger partial charge is 0.355 e. The second-order valence-corrected chi connectivity index (χ2v) is 6.32. The minimum atomic E-state index is -0.469. The Bertz CT molecular complexity index is 822. The van der Waals surface area contributed by atoms with Crippen molar-refractivity contribution in [3.05, 3.63) is 70.0 Å². The Balaban J connectivity index is 1.94. The highest BCUT2D eigenvalue weighted by Crippen LogP contribution is 2.37. The lowest BCUT2D eigenvalue weighted by Crippen LogP contribution is -2.18. The minimum absolute atomic E-state index is 0.00814. The Morgan fingerprint density at radius 1 is 1.42 bits per heavy atom. The molecule has 0 saturated heterocycles. The summed E-state index contributed by atoms with van der Waals surface area (Å²) < 4.78 is 5.08. The van der Waals surface area contributed by atoms with Gasteiger partial charge in [0.15, 0.2) is 5.78 Å². The van der Waals surface area contributed by atoms with E-state index < -0.39 is 5.97 Å². The molecule has 1 heterocycles. The molecule has 0 radical (unpaired) electrons. The number of nitrogens with one attached hydrogen (secondary N) is 1. The number of aromatic amines is 1. The molecule has 1 aliphatic rings. The average molecular weight is 344 g/mol. The van der Waals surface area contributed by atoms with Gasteiger partial charge in [-0.3, -0.25) is 4.79 Å². The van der Waals surface area contributed by atoms with Crippen molar-refractivity contribution in [3.63, 3.8) is 0 Å². The van der Waals surface area contributed by atoms with E-state index in [1.54, 1.807) is 6.92 Å². The monoisotopic (exact) mass is 343 g/mol. The van der Waals surface area contributed by atoms with Gasteiger partial charge in [0.2, 0.25) is 0 Å². The molecule has 0 bridgehead atoms. The van der Waals surface area contributed by atoms with Gasteiger partial charge in [-0.15, -0.1) is 0 Å². The van der Waals surface area contributed by atoms with Gasteiger partial charge in [0.05, 0.1) is 0 Å². The first-order valence-corrected chi connectivity index (χ1v) is 8.17. The summed E-state index contributed by atoms with van der Waals surface area (Å²) in [4.78, 5) is 27.8. The molecular formula is C19H18ClNO3. The highest BCUT2D eigenvalue weighted by atomic mass is 35.5. The summed E-state index contributed by atoms with van der Waals surface area (Å²) in [6.45, 7) is 5.43. The zero-order chi connectivity index (χ0) is 17.3. The molecule has 0 spiro atoms. The Labute approximate surface area is 145 Å². The number of halogens is 1. The molecule has 24 heavy (non-hydrogen) atoms. The molecule has 0 amide bonds. The quantitative estimate of drug-likeness (QED) is 0.667. The van der Waals surface area contributed by atoms with Crippen LogP contribution in [0.15, 0.2) is 36.9 Å². The molecule has 0 saturated carbocycles. The van der Waals surface area contributed by atoms with E-state index in [1.165, 1.54) is 6.08 Å². The summed E-state index contributed by atoms with van der Waals surface area (Å²) in [6, 6.07) is 7.56. The maximum Gasteiger partial charge on any atom is 0.355 e. The average Bonchev–Trinajstić information content (AvgIpc) is 2.90. The molecule has 1 aromatic heterocycles. The number of hydrogen-bond acceptors (Lipinski definition) is 3. The molecule has 1 aromatic carbocycles. The lowest BCUT2D eigenvalue weighted by Gasteiger charge is -2.22. The van der Waals surface area contributed by atoms with Crippen molar-refractivity contribution < 1.29 is 14.3 Å². The molecule has 124 valence electrons. The number of ether oxygens (including phenoxy) is 1. The molecule has 4 nitrogen and oxygen atoms in total. The number of fused-ring (bicyclic) bond motifs is 1. The molecular weight excluding hydrogens is 326 g/mol. The van der Waals surface area contributed by atoms with Gasteiger partial charge in [0, 0.05) is 22.7 Å². The first-order valence-electron chi connectivity index (χ1n) is 7.80. The summed E-state index contributed by atoms with van der Waals surface area (Å²) in [5.41, 5.74) is 3.35. The highest BCUT2D eigenvalue weighted by Gasteiger charge is 2.32. The third kappa shape index (κ3) is 2.89. The van der Waals surface area contributed by atoms with Crippen molar-refractivity contribution in [2.24, 2.45) is 0 Å². The SMILES string of the molecule is C=CCOC(=O)c1[nH]c2c(c1C)C(=O)C[C@H](c1ccccc1Cl)C2. The number of H-pyrrole nitrogens is 1. The van der Waals surface area contributed by atoms with Gasteiger partial charge in [-0.25, -0.2) is 4.79 Å². The van der Waals surface area contributed by atoms with E-state index in [0.717, 1.165) is 11.3 Å². The van der Waals surface area contributed by atoms with E-state index in [4.69, 9.17) is 16.3 Å². The molecule has 1 atom stereocenters. The highest BCUT2D eigenvalue weighted by molar-refractivity contribution is 6.31. The van der Waals surface area contributed by atoms with Crippen LogP contribution in [0, 0.1) is 6.92 Å². The number of rotatable bonds is 4. The van der Waals surface area contributed by atoms with Crippen molar-refractivity contribution in [1.82, 2.24) is 4.98 Å². The molecule has 0 fully saturated rings. The lowest BCUT2D eigenvalue weighted by molar-refractivity contribution is 0.0542. The molecule has 5 heteroatoms. The molecule has 1 aliphatic carbocycles. The molecule has 0 aliphatic heterocycles. The van der Waals surface area contributed by atoms with Crippen molar-refractivity contribution in [3.8, 4) is 0 Å². The van der Waals surface area contributed by atoms with Crippen LogP contribution in [0.25, 0.3) is 0 Å². The maximum atomic E-state index is 12.6. The van der Waals surface area contributed by atoms with Crippen LogP contribution in [0.4, 0.5) is 0 Å². The number of carbonyl (C=O) groups is 2. The van der Waals surface area contributed by atoms with E-state index >= 15 is 0 Å². The largest absolute Gasteiger partial charge is 0.457 e. The van der Waals surface area contributed by atoms with Crippen LogP contribution < -0.4 is 0 Å². The maximum absolute atomic E-state index is 12.6. The van der Waals surface area contributed by atoms with Crippen molar-refractivity contribution in [2.45, 2.75) is 25.7 Å².